The predicted molar refractivity (Wildman–Crippen MR) is 120 cm³/mol. The van der Waals surface area contributed by atoms with Gasteiger partial charge >= 0.3 is 11.9 Å². The molecule has 14 heteroatoms. The molecule has 0 rings (SSSR count). The highest BCUT2D eigenvalue weighted by molar-refractivity contribution is 5.95. The Morgan fingerprint density at radius 1 is 0.829 bits per heavy atom. The van der Waals surface area contributed by atoms with Crippen molar-refractivity contribution in [2.75, 3.05) is 0 Å². The number of carboxylic acids is 2. The van der Waals surface area contributed by atoms with Crippen molar-refractivity contribution in [3.8, 4) is 0 Å². The molecule has 14 nitrogen and oxygen atoms in total. The van der Waals surface area contributed by atoms with Gasteiger partial charge in [0.2, 0.25) is 23.6 Å². The first kappa shape index (κ1) is 31.4. The molecule has 0 aliphatic carbocycles. The summed E-state index contributed by atoms with van der Waals surface area (Å²) >= 11 is 0. The van der Waals surface area contributed by atoms with Crippen LogP contribution in [0.25, 0.3) is 0 Å². The van der Waals surface area contributed by atoms with E-state index in [9.17, 15) is 38.7 Å². The van der Waals surface area contributed by atoms with Crippen molar-refractivity contribution in [2.24, 2.45) is 5.92 Å². The number of rotatable bonds is 16. The zero-order chi connectivity index (χ0) is 27.3. The Labute approximate surface area is 202 Å². The molecule has 0 spiro atoms. The quantitative estimate of drug-likeness (QED) is 0.114. The first-order chi connectivity index (χ1) is 16.2. The van der Waals surface area contributed by atoms with Gasteiger partial charge in [0.15, 0.2) is 0 Å². The third kappa shape index (κ3) is 11.9. The molecule has 0 saturated heterocycles. The largest absolute Gasteiger partial charge is 0.481 e. The Bertz CT molecular complexity index is 801. The van der Waals surface area contributed by atoms with Crippen molar-refractivity contribution in [2.45, 2.75) is 83.6 Å². The van der Waals surface area contributed by atoms with Crippen LogP contribution in [0.15, 0.2) is 0 Å². The minimum absolute atomic E-state index is 0.180. The molecule has 0 aromatic carbocycles. The van der Waals surface area contributed by atoms with Crippen LogP contribution < -0.4 is 21.3 Å². The summed E-state index contributed by atoms with van der Waals surface area (Å²) in [7, 11) is 0. The highest BCUT2D eigenvalue weighted by Gasteiger charge is 2.33. The van der Waals surface area contributed by atoms with Crippen molar-refractivity contribution in [1.29, 1.82) is 0 Å². The van der Waals surface area contributed by atoms with E-state index in [0.29, 0.717) is 6.42 Å². The average Bonchev–Trinajstić information content (AvgIpc) is 2.76. The molecule has 198 valence electrons. The summed E-state index contributed by atoms with van der Waals surface area (Å²) in [5.74, 6) is -6.27. The molecular formula is C21H34N4O10. The fraction of sp³-hybridized carbons (Fsp3) is 0.667. The third-order valence-corrected chi connectivity index (χ3v) is 5.08. The second-order valence-corrected chi connectivity index (χ2v) is 8.13. The Morgan fingerprint density at radius 3 is 1.83 bits per heavy atom. The van der Waals surface area contributed by atoms with Gasteiger partial charge in [0.1, 0.15) is 24.4 Å². The topological polar surface area (TPSA) is 228 Å². The van der Waals surface area contributed by atoms with Gasteiger partial charge in [-0.05, 0) is 19.3 Å². The molecule has 35 heavy (non-hydrogen) atoms. The molecule has 0 fully saturated rings. The minimum Gasteiger partial charge on any atom is -0.481 e. The van der Waals surface area contributed by atoms with Crippen LogP contribution in [0.2, 0.25) is 0 Å². The molecule has 7 N–H and O–H groups in total. The lowest BCUT2D eigenvalue weighted by Gasteiger charge is -2.28. The van der Waals surface area contributed by atoms with Crippen LogP contribution >= 0.6 is 0 Å². The second-order valence-electron chi connectivity index (χ2n) is 8.13. The van der Waals surface area contributed by atoms with Gasteiger partial charge < -0.3 is 41.4 Å². The van der Waals surface area contributed by atoms with E-state index in [0.717, 1.165) is 6.92 Å². The van der Waals surface area contributed by atoms with Crippen LogP contribution in [0.5, 0.6) is 0 Å². The van der Waals surface area contributed by atoms with Gasteiger partial charge in [0.25, 0.3) is 0 Å². The SMILES string of the molecule is CC[C@H](C)[C@H](NC(C)=O)C(=O)N[C@@H](CCC(=O)O)C(=O)N[C@H](C(=O)N[C@H](C=O)CC(=O)O)[C@H](C)O. The summed E-state index contributed by atoms with van der Waals surface area (Å²) in [5.41, 5.74) is 0. The summed E-state index contributed by atoms with van der Waals surface area (Å²) in [4.78, 5) is 82.5. The van der Waals surface area contributed by atoms with Gasteiger partial charge in [-0.25, -0.2) is 0 Å². The molecule has 0 heterocycles. The van der Waals surface area contributed by atoms with Gasteiger partial charge in [-0.15, -0.1) is 0 Å². The van der Waals surface area contributed by atoms with Crippen LogP contribution in [0.4, 0.5) is 0 Å². The van der Waals surface area contributed by atoms with Crippen molar-refractivity contribution < 1.29 is 48.9 Å². The normalized spacial score (nSPS) is 15.8. The number of aldehydes is 1. The summed E-state index contributed by atoms with van der Waals surface area (Å²) in [6, 6.07) is -5.54. The third-order valence-electron chi connectivity index (χ3n) is 5.08. The minimum atomic E-state index is -1.65. The average molecular weight is 503 g/mol. The van der Waals surface area contributed by atoms with E-state index in [1.807, 2.05) is 0 Å². The first-order valence-electron chi connectivity index (χ1n) is 11.0. The van der Waals surface area contributed by atoms with E-state index in [4.69, 9.17) is 10.2 Å². The van der Waals surface area contributed by atoms with Gasteiger partial charge in [-0.2, -0.15) is 0 Å². The number of aliphatic carboxylic acids is 2. The molecule has 0 bridgehead atoms. The van der Waals surface area contributed by atoms with Crippen LogP contribution in [-0.2, 0) is 33.6 Å². The Kier molecular flexibility index (Phi) is 13.8. The molecule has 6 atom stereocenters. The lowest BCUT2D eigenvalue weighted by Crippen LogP contribution is -2.60. The standard InChI is InChI=1S/C21H34N4O10/c1-5-10(2)17(22-12(4)28)20(34)24-14(6-7-15(29)30)19(33)25-18(11(3)27)21(35)23-13(9-26)8-16(31)32/h9-11,13-14,17-18,27H,5-8H2,1-4H3,(H,22,28)(H,23,35)(H,24,34)(H,25,33)(H,29,30)(H,31,32)/t10-,11-,13-,14-,17-,18-/m0/s1. The summed E-state index contributed by atoms with van der Waals surface area (Å²) < 4.78 is 0. The van der Waals surface area contributed by atoms with Crippen LogP contribution in [0, 0.1) is 5.92 Å². The smallest absolute Gasteiger partial charge is 0.305 e. The van der Waals surface area contributed by atoms with Crippen molar-refractivity contribution in [1.82, 2.24) is 21.3 Å². The summed E-state index contributed by atoms with van der Waals surface area (Å²) in [6.45, 7) is 5.84. The fourth-order valence-electron chi connectivity index (χ4n) is 2.97. The molecule has 0 saturated carbocycles. The molecule has 0 aromatic rings. The van der Waals surface area contributed by atoms with E-state index in [-0.39, 0.29) is 18.6 Å². The zero-order valence-corrected chi connectivity index (χ0v) is 20.1. The number of nitrogens with one attached hydrogen (secondary N) is 4. The van der Waals surface area contributed by atoms with E-state index < -0.39 is 78.7 Å². The zero-order valence-electron chi connectivity index (χ0n) is 20.1. The number of amides is 4. The van der Waals surface area contributed by atoms with Crippen LogP contribution in [0.3, 0.4) is 0 Å². The molecule has 4 amide bonds. The Balaban J connectivity index is 5.69. The van der Waals surface area contributed by atoms with Gasteiger partial charge in [0, 0.05) is 13.3 Å². The Hall–Kier alpha value is -3.55. The maximum absolute atomic E-state index is 12.9. The lowest BCUT2D eigenvalue weighted by atomic mass is 9.97. The molecular weight excluding hydrogens is 468 g/mol. The van der Waals surface area contributed by atoms with E-state index in [1.165, 1.54) is 6.92 Å². The van der Waals surface area contributed by atoms with Gasteiger partial charge in [-0.3, -0.25) is 28.8 Å². The van der Waals surface area contributed by atoms with Gasteiger partial charge in [0.05, 0.1) is 18.6 Å². The number of hydrogen-bond acceptors (Lipinski definition) is 8. The van der Waals surface area contributed by atoms with E-state index >= 15 is 0 Å². The Morgan fingerprint density at radius 2 is 1.40 bits per heavy atom. The lowest BCUT2D eigenvalue weighted by molar-refractivity contribution is -0.140. The highest BCUT2D eigenvalue weighted by atomic mass is 16.4. The maximum atomic E-state index is 12.9. The first-order valence-corrected chi connectivity index (χ1v) is 11.0. The molecule has 0 aliphatic heterocycles. The fourth-order valence-corrected chi connectivity index (χ4v) is 2.97. The molecule has 0 radical (unpaired) electrons. The maximum Gasteiger partial charge on any atom is 0.305 e. The van der Waals surface area contributed by atoms with Crippen molar-refractivity contribution in [3.63, 3.8) is 0 Å². The number of hydrogen-bond donors (Lipinski definition) is 7. The van der Waals surface area contributed by atoms with Crippen LogP contribution in [-0.4, -0.2) is 87.4 Å². The second kappa shape index (κ2) is 15.4. The number of aliphatic hydroxyl groups excluding tert-OH is 1. The van der Waals surface area contributed by atoms with Crippen molar-refractivity contribution >= 4 is 41.9 Å². The van der Waals surface area contributed by atoms with E-state index in [1.54, 1.807) is 13.8 Å². The highest BCUT2D eigenvalue weighted by Crippen LogP contribution is 2.10. The van der Waals surface area contributed by atoms with Crippen molar-refractivity contribution in [3.05, 3.63) is 0 Å². The number of aliphatic hydroxyl groups is 1. The number of carboxylic acid groups (broad SMARTS) is 2. The summed E-state index contributed by atoms with van der Waals surface area (Å²) in [5, 5.41) is 36.9. The monoisotopic (exact) mass is 502 g/mol. The molecule has 0 aromatic heterocycles. The van der Waals surface area contributed by atoms with Crippen LogP contribution in [0.1, 0.15) is 53.4 Å². The number of carbonyl (C=O) groups is 7. The molecule has 0 aliphatic rings. The van der Waals surface area contributed by atoms with E-state index in [2.05, 4.69) is 21.3 Å². The van der Waals surface area contributed by atoms with Gasteiger partial charge in [-0.1, -0.05) is 20.3 Å². The predicted octanol–water partition coefficient (Wildman–Crippen LogP) is -2.09. The summed E-state index contributed by atoms with van der Waals surface area (Å²) in [6.07, 6.45) is -2.44. The molecule has 0 unspecified atom stereocenters. The number of carbonyl (C=O) groups excluding carboxylic acids is 5.